The number of nitrogens with one attached hydrogen (secondary N) is 1. The van der Waals surface area contributed by atoms with Crippen LogP contribution in [0.2, 0.25) is 0 Å². The van der Waals surface area contributed by atoms with E-state index in [9.17, 15) is 4.79 Å². The number of amides is 1. The SMILES string of the molecule is Cc1nc2cc(CCNC(=O)c3ccc4c(c3)OCO4)ccc2n1C. The highest BCUT2D eigenvalue weighted by molar-refractivity contribution is 5.94. The van der Waals surface area contributed by atoms with Gasteiger partial charge in [-0.1, -0.05) is 6.07 Å². The molecule has 1 aromatic heterocycles. The van der Waals surface area contributed by atoms with E-state index in [4.69, 9.17) is 9.47 Å². The fraction of sp³-hybridized carbons (Fsp3) is 0.263. The lowest BCUT2D eigenvalue weighted by atomic mass is 10.1. The average molecular weight is 337 g/mol. The van der Waals surface area contributed by atoms with Crippen molar-refractivity contribution in [1.82, 2.24) is 14.9 Å². The standard InChI is InChI=1S/C19H19N3O3/c1-12-21-15-9-13(3-5-16(15)22(12)2)7-8-20-19(23)14-4-6-17-18(10-14)25-11-24-17/h3-6,9-10H,7-8,11H2,1-2H3,(H,20,23). The molecule has 0 bridgehead atoms. The Morgan fingerprint density at radius 2 is 2.04 bits per heavy atom. The number of rotatable bonds is 4. The largest absolute Gasteiger partial charge is 0.454 e. The lowest BCUT2D eigenvalue weighted by Crippen LogP contribution is -2.25. The molecule has 1 amide bonds. The number of imidazole rings is 1. The number of aromatic nitrogens is 2. The fourth-order valence-corrected chi connectivity index (χ4v) is 2.98. The number of carbonyl (C=O) groups excluding carboxylic acids is 1. The number of carbonyl (C=O) groups is 1. The molecule has 0 saturated heterocycles. The Hall–Kier alpha value is -3.02. The van der Waals surface area contributed by atoms with E-state index >= 15 is 0 Å². The molecule has 0 spiro atoms. The Labute approximate surface area is 145 Å². The Morgan fingerprint density at radius 3 is 2.92 bits per heavy atom. The van der Waals surface area contributed by atoms with Crippen molar-refractivity contribution in [2.24, 2.45) is 7.05 Å². The van der Waals surface area contributed by atoms with Crippen LogP contribution in [0, 0.1) is 6.92 Å². The first kappa shape index (κ1) is 15.5. The molecule has 0 atom stereocenters. The van der Waals surface area contributed by atoms with E-state index in [1.54, 1.807) is 18.2 Å². The normalized spacial score (nSPS) is 12.6. The number of ether oxygens (including phenoxy) is 2. The van der Waals surface area contributed by atoms with Crippen molar-refractivity contribution in [3.63, 3.8) is 0 Å². The Morgan fingerprint density at radius 1 is 1.20 bits per heavy atom. The maximum absolute atomic E-state index is 12.3. The molecule has 2 heterocycles. The van der Waals surface area contributed by atoms with Gasteiger partial charge >= 0.3 is 0 Å². The van der Waals surface area contributed by atoms with Crippen molar-refractivity contribution < 1.29 is 14.3 Å². The first-order valence-electron chi connectivity index (χ1n) is 8.21. The number of nitrogens with zero attached hydrogens (tertiary/aromatic N) is 2. The summed E-state index contributed by atoms with van der Waals surface area (Å²) in [5.41, 5.74) is 3.82. The second kappa shape index (κ2) is 6.12. The predicted octanol–water partition coefficient (Wildman–Crippen LogP) is 2.58. The first-order chi connectivity index (χ1) is 12.1. The lowest BCUT2D eigenvalue weighted by Gasteiger charge is -2.06. The van der Waals surface area contributed by atoms with Gasteiger partial charge in [-0.15, -0.1) is 0 Å². The predicted molar refractivity (Wildman–Crippen MR) is 94.1 cm³/mol. The van der Waals surface area contributed by atoms with Crippen LogP contribution in [0.25, 0.3) is 11.0 Å². The van der Waals surface area contributed by atoms with E-state index in [1.165, 1.54) is 0 Å². The summed E-state index contributed by atoms with van der Waals surface area (Å²) in [6.45, 7) is 2.76. The maximum Gasteiger partial charge on any atom is 0.251 e. The summed E-state index contributed by atoms with van der Waals surface area (Å²) in [7, 11) is 2.01. The molecule has 0 radical (unpaired) electrons. The average Bonchev–Trinajstić information content (AvgIpc) is 3.19. The van der Waals surface area contributed by atoms with Crippen molar-refractivity contribution in [2.75, 3.05) is 13.3 Å². The quantitative estimate of drug-likeness (QED) is 0.795. The lowest BCUT2D eigenvalue weighted by molar-refractivity contribution is 0.0953. The van der Waals surface area contributed by atoms with Gasteiger partial charge in [-0.25, -0.2) is 4.98 Å². The van der Waals surface area contributed by atoms with Gasteiger partial charge < -0.3 is 19.4 Å². The highest BCUT2D eigenvalue weighted by Gasteiger charge is 2.16. The third-order valence-corrected chi connectivity index (χ3v) is 4.50. The van der Waals surface area contributed by atoms with Crippen molar-refractivity contribution in [3.8, 4) is 11.5 Å². The summed E-state index contributed by atoms with van der Waals surface area (Å²) in [6.07, 6.45) is 0.752. The van der Waals surface area contributed by atoms with Gasteiger partial charge in [0.25, 0.3) is 5.91 Å². The summed E-state index contributed by atoms with van der Waals surface area (Å²) in [5, 5.41) is 2.94. The number of aryl methyl sites for hydroxylation is 2. The van der Waals surface area contributed by atoms with Gasteiger partial charge in [0.15, 0.2) is 11.5 Å². The van der Waals surface area contributed by atoms with Crippen LogP contribution >= 0.6 is 0 Å². The summed E-state index contributed by atoms with van der Waals surface area (Å²) in [6, 6.07) is 11.4. The smallest absolute Gasteiger partial charge is 0.251 e. The van der Waals surface area contributed by atoms with Crippen LogP contribution in [0.1, 0.15) is 21.7 Å². The van der Waals surface area contributed by atoms with E-state index in [0.29, 0.717) is 23.6 Å². The topological polar surface area (TPSA) is 65.4 Å². The minimum absolute atomic E-state index is 0.118. The van der Waals surface area contributed by atoms with E-state index < -0.39 is 0 Å². The summed E-state index contributed by atoms with van der Waals surface area (Å²) >= 11 is 0. The number of benzene rings is 2. The third-order valence-electron chi connectivity index (χ3n) is 4.50. The Balaban J connectivity index is 1.39. The minimum atomic E-state index is -0.118. The molecule has 1 aliphatic rings. The van der Waals surface area contributed by atoms with Gasteiger partial charge in [0.2, 0.25) is 6.79 Å². The molecule has 128 valence electrons. The fourth-order valence-electron chi connectivity index (χ4n) is 2.98. The van der Waals surface area contributed by atoms with Crippen LogP contribution in [-0.4, -0.2) is 28.8 Å². The van der Waals surface area contributed by atoms with Gasteiger partial charge in [0.1, 0.15) is 5.82 Å². The molecule has 6 nitrogen and oxygen atoms in total. The second-order valence-electron chi connectivity index (χ2n) is 6.12. The van der Waals surface area contributed by atoms with E-state index in [-0.39, 0.29) is 12.7 Å². The van der Waals surface area contributed by atoms with Crippen LogP contribution < -0.4 is 14.8 Å². The second-order valence-corrected chi connectivity index (χ2v) is 6.12. The van der Waals surface area contributed by atoms with Gasteiger partial charge in [0, 0.05) is 19.2 Å². The first-order valence-corrected chi connectivity index (χ1v) is 8.21. The molecule has 6 heteroatoms. The highest BCUT2D eigenvalue weighted by atomic mass is 16.7. The highest BCUT2D eigenvalue weighted by Crippen LogP contribution is 2.32. The van der Waals surface area contributed by atoms with Crippen LogP contribution in [0.5, 0.6) is 11.5 Å². The molecule has 3 aromatic rings. The Kier molecular flexibility index (Phi) is 3.80. The van der Waals surface area contributed by atoms with Gasteiger partial charge in [-0.2, -0.15) is 0 Å². The van der Waals surface area contributed by atoms with E-state index in [1.807, 2.05) is 14.0 Å². The van der Waals surface area contributed by atoms with Gasteiger partial charge in [-0.05, 0) is 49.2 Å². The monoisotopic (exact) mass is 337 g/mol. The van der Waals surface area contributed by atoms with Crippen LogP contribution in [0.4, 0.5) is 0 Å². The van der Waals surface area contributed by atoms with Crippen molar-refractivity contribution in [2.45, 2.75) is 13.3 Å². The zero-order valence-electron chi connectivity index (χ0n) is 14.2. The van der Waals surface area contributed by atoms with Crippen molar-refractivity contribution in [3.05, 3.63) is 53.3 Å². The zero-order chi connectivity index (χ0) is 17.4. The maximum atomic E-state index is 12.3. The Bertz CT molecular complexity index is 962. The molecule has 25 heavy (non-hydrogen) atoms. The van der Waals surface area contributed by atoms with Gasteiger partial charge in [-0.3, -0.25) is 4.79 Å². The number of fused-ring (bicyclic) bond motifs is 2. The third kappa shape index (κ3) is 2.91. The van der Waals surface area contributed by atoms with E-state index in [2.05, 4.69) is 33.1 Å². The number of hydrogen-bond acceptors (Lipinski definition) is 4. The molecular formula is C19H19N3O3. The zero-order valence-corrected chi connectivity index (χ0v) is 14.2. The summed E-state index contributed by atoms with van der Waals surface area (Å²) in [4.78, 5) is 16.8. The molecule has 0 aliphatic carbocycles. The summed E-state index contributed by atoms with van der Waals surface area (Å²) < 4.78 is 12.6. The molecule has 1 N–H and O–H groups in total. The summed E-state index contributed by atoms with van der Waals surface area (Å²) in [5.74, 6) is 2.16. The van der Waals surface area contributed by atoms with Crippen LogP contribution in [0.3, 0.4) is 0 Å². The molecule has 0 fully saturated rings. The molecule has 0 unspecified atom stereocenters. The van der Waals surface area contributed by atoms with Crippen LogP contribution in [0.15, 0.2) is 36.4 Å². The van der Waals surface area contributed by atoms with E-state index in [0.717, 1.165) is 28.8 Å². The minimum Gasteiger partial charge on any atom is -0.454 e. The van der Waals surface area contributed by atoms with Crippen molar-refractivity contribution >= 4 is 16.9 Å². The molecule has 0 saturated carbocycles. The molecular weight excluding hydrogens is 318 g/mol. The van der Waals surface area contributed by atoms with Gasteiger partial charge in [0.05, 0.1) is 11.0 Å². The van der Waals surface area contributed by atoms with Crippen molar-refractivity contribution in [1.29, 1.82) is 0 Å². The molecule has 4 rings (SSSR count). The molecule has 2 aromatic carbocycles. The molecule has 1 aliphatic heterocycles. The van der Waals surface area contributed by atoms with Crippen LogP contribution in [-0.2, 0) is 13.5 Å². The number of hydrogen-bond donors (Lipinski definition) is 1.